The number of fused-ring (bicyclic) bond motifs is 1. The zero-order chi connectivity index (χ0) is 16.9. The van der Waals surface area contributed by atoms with Crippen LogP contribution in [0.15, 0.2) is 48.5 Å². The van der Waals surface area contributed by atoms with Crippen molar-refractivity contribution in [2.24, 2.45) is 0 Å². The first-order valence-corrected chi connectivity index (χ1v) is 9.20. The number of thiazole rings is 1. The van der Waals surface area contributed by atoms with Gasteiger partial charge in [-0.05, 0) is 36.6 Å². The lowest BCUT2D eigenvalue weighted by Crippen LogP contribution is -2.26. The van der Waals surface area contributed by atoms with Gasteiger partial charge in [-0.25, -0.2) is 4.98 Å². The lowest BCUT2D eigenvalue weighted by molar-refractivity contribution is -0.121. The molecule has 0 saturated carbocycles. The smallest absolute Gasteiger partial charge is 0.220 e. The number of hydrogen-bond acceptors (Lipinski definition) is 3. The molecule has 2 aromatic carbocycles. The number of rotatable bonds is 6. The van der Waals surface area contributed by atoms with E-state index in [0.29, 0.717) is 12.8 Å². The van der Waals surface area contributed by atoms with Gasteiger partial charge in [0.15, 0.2) is 0 Å². The van der Waals surface area contributed by atoms with E-state index < -0.39 is 0 Å². The maximum Gasteiger partial charge on any atom is 0.220 e. The van der Waals surface area contributed by atoms with Crippen LogP contribution >= 0.6 is 11.3 Å². The molecule has 1 atom stereocenters. The molecule has 0 aliphatic heterocycles. The molecule has 3 nitrogen and oxygen atoms in total. The third-order valence-corrected chi connectivity index (χ3v) is 5.27. The van der Waals surface area contributed by atoms with Gasteiger partial charge in [-0.15, -0.1) is 11.3 Å². The molecule has 1 aromatic heterocycles. The molecule has 0 aliphatic carbocycles. The first-order valence-electron chi connectivity index (χ1n) is 8.38. The van der Waals surface area contributed by atoms with Gasteiger partial charge in [-0.1, -0.05) is 43.3 Å². The molecule has 24 heavy (non-hydrogen) atoms. The molecule has 1 heterocycles. The molecule has 0 fully saturated rings. The quantitative estimate of drug-likeness (QED) is 0.710. The fourth-order valence-electron chi connectivity index (χ4n) is 2.69. The fraction of sp³-hybridized carbons (Fsp3) is 0.300. The minimum atomic E-state index is 0.0266. The van der Waals surface area contributed by atoms with Gasteiger partial charge in [0.1, 0.15) is 0 Å². The number of aryl methyl sites for hydroxylation is 2. The van der Waals surface area contributed by atoms with E-state index in [1.807, 2.05) is 25.1 Å². The lowest BCUT2D eigenvalue weighted by Gasteiger charge is -2.14. The standard InChI is InChI=1S/C20H22N2OS/c1-3-15-8-10-16(11-9-15)14(2)21-19(23)12-13-20-22-17-6-4-5-7-18(17)24-20/h4-11,14H,3,12-13H2,1-2H3,(H,21,23). The molecule has 1 unspecified atom stereocenters. The maximum atomic E-state index is 12.2. The Bertz CT molecular complexity index is 790. The van der Waals surface area contributed by atoms with E-state index in [1.165, 1.54) is 10.3 Å². The average Bonchev–Trinajstić information content (AvgIpc) is 3.03. The summed E-state index contributed by atoms with van der Waals surface area (Å²) in [4.78, 5) is 16.8. The summed E-state index contributed by atoms with van der Waals surface area (Å²) in [7, 11) is 0. The normalized spacial score (nSPS) is 12.2. The van der Waals surface area contributed by atoms with Gasteiger partial charge in [-0.3, -0.25) is 4.79 Å². The summed E-state index contributed by atoms with van der Waals surface area (Å²) in [5, 5.41) is 4.10. The van der Waals surface area contributed by atoms with Crippen molar-refractivity contribution in [1.29, 1.82) is 0 Å². The Kier molecular flexibility index (Phi) is 5.26. The van der Waals surface area contributed by atoms with Crippen LogP contribution in [0.25, 0.3) is 10.2 Å². The second-order valence-corrected chi connectivity index (χ2v) is 7.07. The Morgan fingerprint density at radius 1 is 1.17 bits per heavy atom. The molecule has 0 saturated heterocycles. The first kappa shape index (κ1) is 16.7. The van der Waals surface area contributed by atoms with Crippen LogP contribution in [0.4, 0.5) is 0 Å². The van der Waals surface area contributed by atoms with E-state index in [9.17, 15) is 4.79 Å². The number of nitrogens with one attached hydrogen (secondary N) is 1. The number of carbonyl (C=O) groups is 1. The summed E-state index contributed by atoms with van der Waals surface area (Å²) in [5.41, 5.74) is 3.47. The fourth-order valence-corrected chi connectivity index (χ4v) is 3.65. The Morgan fingerprint density at radius 2 is 1.92 bits per heavy atom. The van der Waals surface area contributed by atoms with Crippen LogP contribution in [0.2, 0.25) is 0 Å². The van der Waals surface area contributed by atoms with Crippen LogP contribution in [0, 0.1) is 0 Å². The molecule has 1 amide bonds. The molecule has 1 N–H and O–H groups in total. The van der Waals surface area contributed by atoms with E-state index in [0.717, 1.165) is 22.5 Å². The van der Waals surface area contributed by atoms with Crippen LogP contribution in [-0.2, 0) is 17.6 Å². The number of aromatic nitrogens is 1. The number of carbonyl (C=O) groups excluding carboxylic acids is 1. The van der Waals surface area contributed by atoms with Crippen LogP contribution in [0.1, 0.15) is 42.4 Å². The van der Waals surface area contributed by atoms with Gasteiger partial charge in [0.25, 0.3) is 0 Å². The zero-order valence-corrected chi connectivity index (χ0v) is 14.9. The largest absolute Gasteiger partial charge is 0.350 e. The molecule has 3 aromatic rings. The monoisotopic (exact) mass is 338 g/mol. The molecule has 0 bridgehead atoms. The van der Waals surface area contributed by atoms with Gasteiger partial charge in [0, 0.05) is 12.8 Å². The SMILES string of the molecule is CCc1ccc(C(C)NC(=O)CCc2nc3ccccc3s2)cc1. The molecule has 0 radical (unpaired) electrons. The van der Waals surface area contributed by atoms with Crippen molar-refractivity contribution >= 4 is 27.5 Å². The predicted molar refractivity (Wildman–Crippen MR) is 100 cm³/mol. The number of nitrogens with zero attached hydrogens (tertiary/aromatic N) is 1. The van der Waals surface area contributed by atoms with Gasteiger partial charge in [0.2, 0.25) is 5.91 Å². The highest BCUT2D eigenvalue weighted by Crippen LogP contribution is 2.22. The van der Waals surface area contributed by atoms with Crippen molar-refractivity contribution in [2.45, 2.75) is 39.2 Å². The summed E-state index contributed by atoms with van der Waals surface area (Å²) >= 11 is 1.67. The van der Waals surface area contributed by atoms with E-state index >= 15 is 0 Å². The summed E-state index contributed by atoms with van der Waals surface area (Å²) in [6, 6.07) is 16.5. The maximum absolute atomic E-state index is 12.2. The van der Waals surface area contributed by atoms with Crippen molar-refractivity contribution in [3.8, 4) is 0 Å². The molecular formula is C20H22N2OS. The van der Waals surface area contributed by atoms with Gasteiger partial charge >= 0.3 is 0 Å². The minimum Gasteiger partial charge on any atom is -0.350 e. The third-order valence-electron chi connectivity index (χ3n) is 4.17. The minimum absolute atomic E-state index is 0.0266. The Balaban J connectivity index is 1.54. The highest BCUT2D eigenvalue weighted by atomic mass is 32.1. The third kappa shape index (κ3) is 4.01. The number of benzene rings is 2. The highest BCUT2D eigenvalue weighted by Gasteiger charge is 2.11. The van der Waals surface area contributed by atoms with E-state index in [4.69, 9.17) is 0 Å². The van der Waals surface area contributed by atoms with E-state index in [1.54, 1.807) is 11.3 Å². The summed E-state index contributed by atoms with van der Waals surface area (Å²) in [6.07, 6.45) is 2.19. The van der Waals surface area contributed by atoms with Gasteiger partial charge < -0.3 is 5.32 Å². The summed E-state index contributed by atoms with van der Waals surface area (Å²) < 4.78 is 1.18. The molecule has 4 heteroatoms. The molecule has 0 aliphatic rings. The van der Waals surface area contributed by atoms with Gasteiger partial charge in [-0.2, -0.15) is 0 Å². The Hall–Kier alpha value is -2.20. The number of para-hydroxylation sites is 1. The second kappa shape index (κ2) is 7.58. The van der Waals surface area contributed by atoms with Crippen molar-refractivity contribution in [1.82, 2.24) is 10.3 Å². The second-order valence-electron chi connectivity index (χ2n) is 5.96. The van der Waals surface area contributed by atoms with Crippen molar-refractivity contribution in [3.05, 3.63) is 64.7 Å². The molecule has 0 spiro atoms. The number of hydrogen-bond donors (Lipinski definition) is 1. The van der Waals surface area contributed by atoms with Crippen molar-refractivity contribution in [3.63, 3.8) is 0 Å². The molecule has 124 valence electrons. The lowest BCUT2D eigenvalue weighted by atomic mass is 10.0. The zero-order valence-electron chi connectivity index (χ0n) is 14.1. The molecule has 3 rings (SSSR count). The van der Waals surface area contributed by atoms with E-state index in [-0.39, 0.29) is 11.9 Å². The van der Waals surface area contributed by atoms with Crippen LogP contribution in [0.3, 0.4) is 0 Å². The summed E-state index contributed by atoms with van der Waals surface area (Å²) in [6.45, 7) is 4.17. The predicted octanol–water partition coefficient (Wildman–Crippen LogP) is 4.67. The van der Waals surface area contributed by atoms with Crippen molar-refractivity contribution < 1.29 is 4.79 Å². The Labute approximate surface area is 146 Å². The van der Waals surface area contributed by atoms with Crippen molar-refractivity contribution in [2.75, 3.05) is 0 Å². The van der Waals surface area contributed by atoms with Crippen LogP contribution in [0.5, 0.6) is 0 Å². The summed E-state index contributed by atoms with van der Waals surface area (Å²) in [5.74, 6) is 0.0707. The Morgan fingerprint density at radius 3 is 2.62 bits per heavy atom. The van der Waals surface area contributed by atoms with Crippen LogP contribution in [-0.4, -0.2) is 10.9 Å². The van der Waals surface area contributed by atoms with Crippen LogP contribution < -0.4 is 5.32 Å². The average molecular weight is 338 g/mol. The van der Waals surface area contributed by atoms with E-state index in [2.05, 4.69) is 47.6 Å². The molecular weight excluding hydrogens is 316 g/mol. The topological polar surface area (TPSA) is 42.0 Å². The number of amides is 1. The van der Waals surface area contributed by atoms with Gasteiger partial charge in [0.05, 0.1) is 21.3 Å². The highest BCUT2D eigenvalue weighted by molar-refractivity contribution is 7.18. The first-order chi connectivity index (χ1) is 11.7.